The molecule has 0 heterocycles. The Morgan fingerprint density at radius 2 is 0.707 bits per heavy atom. The summed E-state index contributed by atoms with van der Waals surface area (Å²) in [4.78, 5) is 24.5. The number of carbonyl (C=O) groups excluding carboxylic acids is 2. The molecule has 2 unspecified atom stereocenters. The van der Waals surface area contributed by atoms with Gasteiger partial charge in [-0.2, -0.15) is 0 Å². The summed E-state index contributed by atoms with van der Waals surface area (Å²) in [6, 6.07) is -0.552. The molecule has 58 heavy (non-hydrogen) atoms. The highest BCUT2D eigenvalue weighted by atomic mass is 16.5. The zero-order valence-corrected chi connectivity index (χ0v) is 39.3. The molecule has 346 valence electrons. The molecule has 0 fully saturated rings. The van der Waals surface area contributed by atoms with Gasteiger partial charge in [-0.1, -0.05) is 258 Å². The van der Waals surface area contributed by atoms with Crippen LogP contribution in [0, 0.1) is 0 Å². The maximum absolute atomic E-state index is 12.4. The molecule has 0 radical (unpaired) electrons. The molecule has 0 bridgehead atoms. The van der Waals surface area contributed by atoms with Gasteiger partial charge in [-0.3, -0.25) is 9.59 Å². The van der Waals surface area contributed by atoms with Crippen LogP contribution in [-0.2, 0) is 14.3 Å². The number of aliphatic hydroxyl groups excluding tert-OH is 2. The summed E-state index contributed by atoms with van der Waals surface area (Å²) >= 11 is 0. The van der Waals surface area contributed by atoms with Gasteiger partial charge < -0.3 is 20.3 Å². The molecule has 6 heteroatoms. The molecule has 0 rings (SSSR count). The van der Waals surface area contributed by atoms with E-state index in [1.807, 2.05) is 0 Å². The van der Waals surface area contributed by atoms with Crippen molar-refractivity contribution in [2.45, 2.75) is 309 Å². The normalized spacial score (nSPS) is 12.6. The fourth-order valence-corrected chi connectivity index (χ4v) is 8.35. The minimum atomic E-state index is -0.673. The lowest BCUT2D eigenvalue weighted by Crippen LogP contribution is -2.45. The van der Waals surface area contributed by atoms with Crippen molar-refractivity contribution in [3.8, 4) is 0 Å². The largest absolute Gasteiger partial charge is 0.466 e. The van der Waals surface area contributed by atoms with Crippen molar-refractivity contribution in [2.24, 2.45) is 0 Å². The van der Waals surface area contributed by atoms with Gasteiger partial charge in [-0.05, 0) is 25.7 Å². The van der Waals surface area contributed by atoms with E-state index in [-0.39, 0.29) is 18.5 Å². The maximum atomic E-state index is 12.4. The quantitative estimate of drug-likeness (QED) is 0.0420. The second-order valence-corrected chi connectivity index (χ2v) is 18.2. The Bertz CT molecular complexity index is 822. The van der Waals surface area contributed by atoms with Crippen molar-refractivity contribution < 1.29 is 24.5 Å². The zero-order valence-electron chi connectivity index (χ0n) is 39.3. The minimum Gasteiger partial charge on any atom is -0.466 e. The fourth-order valence-electron chi connectivity index (χ4n) is 8.35. The standard InChI is InChI=1S/C52H103NO5/c1-3-5-7-9-11-13-15-16-17-18-19-20-21-22-26-30-34-38-42-46-52(57)58-47-43-39-35-31-27-23-25-29-33-37-41-45-51(56)53-49(48-54)50(55)44-40-36-32-28-24-14-12-10-8-6-4-2/h49-50,54-55H,3-48H2,1-2H3,(H,53,56). The molecule has 1 amide bonds. The molecule has 0 saturated carbocycles. The number of hydrogen-bond acceptors (Lipinski definition) is 5. The third-order valence-electron chi connectivity index (χ3n) is 12.4. The van der Waals surface area contributed by atoms with Crippen LogP contribution in [0.1, 0.15) is 296 Å². The number of carbonyl (C=O) groups is 2. The number of aliphatic hydroxyl groups is 2. The van der Waals surface area contributed by atoms with E-state index < -0.39 is 12.1 Å². The number of nitrogens with one attached hydrogen (secondary N) is 1. The SMILES string of the molecule is CCCCCCCCCCCCCCCCCCCCCC(=O)OCCCCCCCCCCCCCC(=O)NC(CO)C(O)CCCCCCCCCCCCC. The minimum absolute atomic E-state index is 0.00854. The van der Waals surface area contributed by atoms with Crippen molar-refractivity contribution in [3.63, 3.8) is 0 Å². The third-order valence-corrected chi connectivity index (χ3v) is 12.4. The van der Waals surface area contributed by atoms with Crippen LogP contribution in [0.4, 0.5) is 0 Å². The van der Waals surface area contributed by atoms with Gasteiger partial charge in [0.1, 0.15) is 0 Å². The van der Waals surface area contributed by atoms with Gasteiger partial charge in [-0.25, -0.2) is 0 Å². The number of rotatable bonds is 49. The number of unbranched alkanes of at least 4 members (excludes halogenated alkanes) is 38. The first-order valence-corrected chi connectivity index (χ1v) is 26.3. The van der Waals surface area contributed by atoms with Gasteiger partial charge in [0.2, 0.25) is 5.91 Å². The summed E-state index contributed by atoms with van der Waals surface area (Å²) in [5.74, 6) is -0.0616. The van der Waals surface area contributed by atoms with Gasteiger partial charge in [-0.15, -0.1) is 0 Å². The first-order valence-electron chi connectivity index (χ1n) is 26.3. The molecule has 2 atom stereocenters. The summed E-state index contributed by atoms with van der Waals surface area (Å²) in [7, 11) is 0. The summed E-state index contributed by atoms with van der Waals surface area (Å²) in [5.41, 5.74) is 0. The van der Waals surface area contributed by atoms with Crippen molar-refractivity contribution in [3.05, 3.63) is 0 Å². The molecule has 0 spiro atoms. The predicted octanol–water partition coefficient (Wildman–Crippen LogP) is 15.6. The molecule has 0 aromatic rings. The zero-order chi connectivity index (χ0) is 42.3. The van der Waals surface area contributed by atoms with E-state index in [9.17, 15) is 19.8 Å². The lowest BCUT2D eigenvalue weighted by atomic mass is 10.0. The maximum Gasteiger partial charge on any atom is 0.305 e. The lowest BCUT2D eigenvalue weighted by Gasteiger charge is -2.22. The van der Waals surface area contributed by atoms with Crippen LogP contribution in [0.25, 0.3) is 0 Å². The molecule has 0 aliphatic rings. The summed E-state index contributed by atoms with van der Waals surface area (Å²) in [5, 5.41) is 23.1. The van der Waals surface area contributed by atoms with Crippen molar-refractivity contribution in [2.75, 3.05) is 13.2 Å². The van der Waals surface area contributed by atoms with Crippen LogP contribution < -0.4 is 5.32 Å². The van der Waals surface area contributed by atoms with E-state index in [1.54, 1.807) is 0 Å². The molecule has 6 nitrogen and oxygen atoms in total. The van der Waals surface area contributed by atoms with Gasteiger partial charge in [0.05, 0.1) is 25.4 Å². The topological polar surface area (TPSA) is 95.9 Å². The number of esters is 1. The Hall–Kier alpha value is -1.14. The van der Waals surface area contributed by atoms with Gasteiger partial charge in [0.25, 0.3) is 0 Å². The summed E-state index contributed by atoms with van der Waals surface area (Å²) in [6.45, 7) is 4.92. The average Bonchev–Trinajstić information content (AvgIpc) is 3.22. The molecular weight excluding hydrogens is 719 g/mol. The van der Waals surface area contributed by atoms with Crippen LogP contribution in [-0.4, -0.2) is 47.4 Å². The monoisotopic (exact) mass is 822 g/mol. The van der Waals surface area contributed by atoms with E-state index in [0.717, 1.165) is 57.8 Å². The lowest BCUT2D eigenvalue weighted by molar-refractivity contribution is -0.143. The highest BCUT2D eigenvalue weighted by molar-refractivity contribution is 5.76. The van der Waals surface area contributed by atoms with E-state index in [4.69, 9.17) is 4.74 Å². The fraction of sp³-hybridized carbons (Fsp3) is 0.962. The van der Waals surface area contributed by atoms with E-state index >= 15 is 0 Å². The molecule has 0 saturated heterocycles. The Morgan fingerprint density at radius 1 is 0.414 bits per heavy atom. The summed E-state index contributed by atoms with van der Waals surface area (Å²) < 4.78 is 5.47. The number of ether oxygens (including phenoxy) is 1. The highest BCUT2D eigenvalue weighted by Crippen LogP contribution is 2.17. The second kappa shape index (κ2) is 48.5. The van der Waals surface area contributed by atoms with E-state index in [0.29, 0.717) is 25.9 Å². The Balaban J connectivity index is 3.40. The summed E-state index contributed by atoms with van der Waals surface area (Å²) in [6.07, 6.45) is 53.6. The Morgan fingerprint density at radius 3 is 1.05 bits per heavy atom. The Kier molecular flexibility index (Phi) is 47.6. The van der Waals surface area contributed by atoms with Crippen molar-refractivity contribution in [1.82, 2.24) is 5.32 Å². The molecule has 0 aromatic carbocycles. The van der Waals surface area contributed by atoms with Crippen LogP contribution in [0.2, 0.25) is 0 Å². The highest BCUT2D eigenvalue weighted by Gasteiger charge is 2.20. The first kappa shape index (κ1) is 56.9. The van der Waals surface area contributed by atoms with Crippen molar-refractivity contribution >= 4 is 11.9 Å². The van der Waals surface area contributed by atoms with Gasteiger partial charge >= 0.3 is 5.97 Å². The Labute approximate surface area is 362 Å². The second-order valence-electron chi connectivity index (χ2n) is 18.2. The molecule has 0 aliphatic carbocycles. The molecule has 3 N–H and O–H groups in total. The van der Waals surface area contributed by atoms with Crippen LogP contribution in [0.5, 0.6) is 0 Å². The number of hydrogen-bond donors (Lipinski definition) is 3. The van der Waals surface area contributed by atoms with Crippen LogP contribution in [0.3, 0.4) is 0 Å². The van der Waals surface area contributed by atoms with Crippen LogP contribution >= 0.6 is 0 Å². The predicted molar refractivity (Wildman–Crippen MR) is 250 cm³/mol. The third kappa shape index (κ3) is 44.4. The van der Waals surface area contributed by atoms with Crippen LogP contribution in [0.15, 0.2) is 0 Å². The van der Waals surface area contributed by atoms with E-state index in [2.05, 4.69) is 19.2 Å². The number of amides is 1. The smallest absolute Gasteiger partial charge is 0.305 e. The van der Waals surface area contributed by atoms with Gasteiger partial charge in [0.15, 0.2) is 0 Å². The molecule has 0 aliphatic heterocycles. The van der Waals surface area contributed by atoms with Gasteiger partial charge in [0, 0.05) is 12.8 Å². The molecule has 0 aromatic heterocycles. The first-order chi connectivity index (χ1) is 28.5. The average molecular weight is 822 g/mol. The van der Waals surface area contributed by atoms with Crippen molar-refractivity contribution in [1.29, 1.82) is 0 Å². The molecular formula is C52H103NO5. The van der Waals surface area contributed by atoms with E-state index in [1.165, 1.54) is 205 Å².